The summed E-state index contributed by atoms with van der Waals surface area (Å²) < 4.78 is 24.4. The Morgan fingerprint density at radius 1 is 1.14 bits per heavy atom. The Balaban J connectivity index is 0.00000253. The smallest absolute Gasteiger partial charge is 0.410 e. The molecule has 1 fully saturated rings. The molecule has 1 unspecified atom stereocenters. The van der Waals surface area contributed by atoms with E-state index in [9.17, 15) is 18.8 Å². The van der Waals surface area contributed by atoms with Gasteiger partial charge in [-0.15, -0.1) is 11.3 Å². The maximum absolute atomic E-state index is 13.6. The zero-order valence-electron chi connectivity index (χ0n) is 20.3. The van der Waals surface area contributed by atoms with Gasteiger partial charge in [0.1, 0.15) is 17.4 Å². The van der Waals surface area contributed by atoms with Gasteiger partial charge in [-0.05, 0) is 54.5 Å². The van der Waals surface area contributed by atoms with Crippen molar-refractivity contribution in [3.05, 3.63) is 88.0 Å². The summed E-state index contributed by atoms with van der Waals surface area (Å²) in [5, 5.41) is 4.88. The summed E-state index contributed by atoms with van der Waals surface area (Å²) in [6.07, 6.45) is 1.10. The number of hydrogen-bond acceptors (Lipinski definition) is 6. The van der Waals surface area contributed by atoms with E-state index in [1.165, 1.54) is 29.5 Å². The van der Waals surface area contributed by atoms with Crippen LogP contribution in [0, 0.1) is 5.82 Å². The molecule has 0 saturated carbocycles. The number of amides is 2. The van der Waals surface area contributed by atoms with Crippen LogP contribution in [0.4, 0.5) is 14.2 Å². The molecule has 37 heavy (non-hydrogen) atoms. The first-order valence-electron chi connectivity index (χ1n) is 11.8. The van der Waals surface area contributed by atoms with Crippen LogP contribution in [-0.2, 0) is 34.6 Å². The van der Waals surface area contributed by atoms with Crippen molar-refractivity contribution in [2.24, 2.45) is 0 Å². The number of thiophene rings is 1. The summed E-state index contributed by atoms with van der Waals surface area (Å²) in [7, 11) is 0. The molecule has 1 saturated heterocycles. The number of ether oxygens (including phenoxy) is 2. The molecule has 2 aromatic carbocycles. The predicted octanol–water partition coefficient (Wildman–Crippen LogP) is 6.08. The summed E-state index contributed by atoms with van der Waals surface area (Å²) in [5.74, 6) is -1.73. The van der Waals surface area contributed by atoms with Crippen LogP contribution in [0.3, 0.4) is 0 Å². The number of carbonyl (C=O) groups excluding carboxylic acids is 3. The number of anilines is 1. The second-order valence-electron chi connectivity index (χ2n) is 8.41. The van der Waals surface area contributed by atoms with Gasteiger partial charge < -0.3 is 19.7 Å². The molecule has 2 heterocycles. The van der Waals surface area contributed by atoms with Crippen molar-refractivity contribution >= 4 is 34.3 Å². The Labute approximate surface area is 232 Å². The first-order chi connectivity index (χ1) is 17.5. The van der Waals surface area contributed by atoms with Crippen LogP contribution in [0.25, 0.3) is 0 Å². The average molecular weight is 564 g/mol. The van der Waals surface area contributed by atoms with E-state index in [0.717, 1.165) is 24.5 Å². The molecule has 2 amide bonds. The van der Waals surface area contributed by atoms with E-state index in [2.05, 4.69) is 5.32 Å². The number of likely N-dealkylation sites (tertiary alicyclic amines) is 1. The number of halogens is 1. The Hall–Kier alpha value is -3.14. The van der Waals surface area contributed by atoms with Crippen molar-refractivity contribution in [1.82, 2.24) is 4.90 Å². The number of benzene rings is 2. The monoisotopic (exact) mass is 563 g/mol. The molecule has 1 radical (unpaired) electrons. The van der Waals surface area contributed by atoms with Gasteiger partial charge in [0.2, 0.25) is 0 Å². The van der Waals surface area contributed by atoms with E-state index in [0.29, 0.717) is 23.7 Å². The second-order valence-corrected chi connectivity index (χ2v) is 9.29. The fourth-order valence-corrected chi connectivity index (χ4v) is 5.22. The molecule has 1 aliphatic heterocycles. The number of nitrogens with one attached hydrogen (secondary N) is 1. The third kappa shape index (κ3) is 7.22. The van der Waals surface area contributed by atoms with Crippen LogP contribution < -0.4 is 5.32 Å². The van der Waals surface area contributed by atoms with Crippen LogP contribution in [0.2, 0.25) is 0 Å². The van der Waals surface area contributed by atoms with Crippen LogP contribution in [-0.4, -0.2) is 42.6 Å². The van der Waals surface area contributed by atoms with Crippen LogP contribution in [0.5, 0.6) is 0 Å². The molecule has 4 rings (SSSR count). The first-order valence-corrected chi connectivity index (χ1v) is 12.6. The maximum Gasteiger partial charge on any atom is 0.410 e. The molecule has 3 aromatic rings. The fraction of sp³-hybridized carbons (Fsp3) is 0.296. The van der Waals surface area contributed by atoms with E-state index in [1.54, 1.807) is 11.8 Å². The van der Waals surface area contributed by atoms with Crippen LogP contribution in [0.15, 0.2) is 60.0 Å². The normalized spacial score (nSPS) is 14.9. The Morgan fingerprint density at radius 3 is 2.65 bits per heavy atom. The predicted molar refractivity (Wildman–Crippen MR) is 137 cm³/mol. The summed E-state index contributed by atoms with van der Waals surface area (Å²) in [6, 6.07) is 14.8. The van der Waals surface area contributed by atoms with E-state index < -0.39 is 23.8 Å². The van der Waals surface area contributed by atoms with E-state index in [-0.39, 0.29) is 50.2 Å². The number of piperidine rings is 1. The van der Waals surface area contributed by atoms with Gasteiger partial charge in [-0.3, -0.25) is 4.79 Å². The molecule has 1 N–H and O–H groups in total. The molecule has 1 aromatic heterocycles. The van der Waals surface area contributed by atoms with Crippen molar-refractivity contribution in [2.75, 3.05) is 25.0 Å². The Morgan fingerprint density at radius 2 is 1.92 bits per heavy atom. The molecule has 1 atom stereocenters. The Kier molecular flexibility index (Phi) is 10.3. The summed E-state index contributed by atoms with van der Waals surface area (Å²) in [5.41, 5.74) is 2.04. The third-order valence-electron chi connectivity index (χ3n) is 5.94. The molecule has 0 aliphatic carbocycles. The maximum atomic E-state index is 13.6. The molecule has 10 heteroatoms. The molecular formula is C27H29FN2O5SV. The number of carbonyl (C=O) groups is 3. The standard InChI is InChI=1S/C27H27FN2O5S.V.H2/c1-2-34-26(32)23-22(17-36-25(23)29-24(31)19-10-6-12-21(28)14-19)20-11-7-13-30(15-20)27(33)35-16-18-8-4-3-5-9-18;;/h3-6,8-10,12,14,17,20H,2,7,11,13,15-16H2,1H3,(H,29,31);;1H. The minimum atomic E-state index is -0.549. The van der Waals surface area contributed by atoms with Crippen molar-refractivity contribution < 1.29 is 48.2 Å². The van der Waals surface area contributed by atoms with Crippen molar-refractivity contribution in [1.29, 1.82) is 0 Å². The van der Waals surface area contributed by atoms with Gasteiger partial charge in [0.25, 0.3) is 5.91 Å². The SMILES string of the molecule is CCOC(=O)c1c(C2CCCN(C(=O)OCc3ccccc3)C2)csc1NC(=O)c1cccc(F)c1.[HH].[V]. The largest absolute Gasteiger partial charge is 0.462 e. The van der Waals surface area contributed by atoms with Crippen LogP contribution in [0.1, 0.15) is 59.0 Å². The number of rotatable bonds is 7. The molecular weight excluding hydrogens is 534 g/mol. The van der Waals surface area contributed by atoms with E-state index in [1.807, 2.05) is 35.7 Å². The zero-order chi connectivity index (χ0) is 25.5. The Bertz CT molecular complexity index is 1240. The van der Waals surface area contributed by atoms with Gasteiger partial charge in [0.05, 0.1) is 12.2 Å². The summed E-state index contributed by atoms with van der Waals surface area (Å²) in [6.45, 7) is 3.01. The summed E-state index contributed by atoms with van der Waals surface area (Å²) >= 11 is 1.21. The number of esters is 1. The third-order valence-corrected chi connectivity index (χ3v) is 6.85. The molecule has 195 valence electrons. The van der Waals surface area contributed by atoms with Crippen molar-refractivity contribution in [3.63, 3.8) is 0 Å². The number of hydrogen-bond donors (Lipinski definition) is 1. The van der Waals surface area contributed by atoms with Gasteiger partial charge >= 0.3 is 12.1 Å². The fourth-order valence-electron chi connectivity index (χ4n) is 4.19. The van der Waals surface area contributed by atoms with Crippen LogP contribution >= 0.6 is 11.3 Å². The average Bonchev–Trinajstić information content (AvgIpc) is 3.31. The minimum absolute atomic E-state index is 0. The molecule has 1 aliphatic rings. The van der Waals surface area contributed by atoms with Crippen molar-refractivity contribution in [2.45, 2.75) is 32.3 Å². The van der Waals surface area contributed by atoms with Gasteiger partial charge in [0.15, 0.2) is 0 Å². The quantitative estimate of drug-likeness (QED) is 0.353. The van der Waals surface area contributed by atoms with Gasteiger partial charge in [0, 0.05) is 44.6 Å². The topological polar surface area (TPSA) is 84.9 Å². The second kappa shape index (κ2) is 13.4. The summed E-state index contributed by atoms with van der Waals surface area (Å²) in [4.78, 5) is 40.0. The van der Waals surface area contributed by atoms with E-state index in [4.69, 9.17) is 9.47 Å². The first kappa shape index (κ1) is 28.4. The minimum Gasteiger partial charge on any atom is -0.462 e. The van der Waals surface area contributed by atoms with Gasteiger partial charge in [-0.2, -0.15) is 0 Å². The molecule has 0 bridgehead atoms. The molecule has 7 nitrogen and oxygen atoms in total. The van der Waals surface area contributed by atoms with Gasteiger partial charge in [-0.25, -0.2) is 14.0 Å². The van der Waals surface area contributed by atoms with Gasteiger partial charge in [-0.1, -0.05) is 36.4 Å². The molecule has 0 spiro atoms. The van der Waals surface area contributed by atoms with Crippen molar-refractivity contribution in [3.8, 4) is 0 Å². The zero-order valence-corrected chi connectivity index (χ0v) is 22.5. The number of nitrogens with zero attached hydrogens (tertiary/aromatic N) is 1. The van der Waals surface area contributed by atoms with E-state index >= 15 is 0 Å².